The molecule has 5 atom stereocenters. The summed E-state index contributed by atoms with van der Waals surface area (Å²) in [5, 5.41) is 20.5. The Hall–Kier alpha value is -1.33. The number of aliphatic hydroxyl groups is 2. The van der Waals surface area contributed by atoms with E-state index in [4.69, 9.17) is 4.74 Å². The number of allylic oxidation sites excluding steroid dienone is 1. The van der Waals surface area contributed by atoms with E-state index in [2.05, 4.69) is 6.92 Å². The van der Waals surface area contributed by atoms with Crippen molar-refractivity contribution in [2.24, 2.45) is 17.8 Å². The molecule has 2 N–H and O–H groups in total. The highest BCUT2D eigenvalue weighted by Crippen LogP contribution is 2.50. The number of hydrogen-bond donors (Lipinski definition) is 2. The van der Waals surface area contributed by atoms with Gasteiger partial charge in [0, 0.05) is 20.0 Å². The van der Waals surface area contributed by atoms with Crippen LogP contribution < -0.4 is 0 Å². The molecule has 148 valence electrons. The van der Waals surface area contributed by atoms with Crippen LogP contribution >= 0.6 is 0 Å². The van der Waals surface area contributed by atoms with Gasteiger partial charge in [-0.25, -0.2) is 0 Å². The second kappa shape index (κ2) is 10.1. The molecule has 0 unspecified atom stereocenters. The number of carbonyl (C=O) groups excluding carboxylic acids is 1. The highest BCUT2D eigenvalue weighted by Gasteiger charge is 2.45. The van der Waals surface area contributed by atoms with Gasteiger partial charge in [-0.1, -0.05) is 38.3 Å². The maximum Gasteiger partial charge on any atom is 0.259 e. The zero-order chi connectivity index (χ0) is 19.1. The van der Waals surface area contributed by atoms with E-state index in [0.29, 0.717) is 11.8 Å². The molecule has 26 heavy (non-hydrogen) atoms. The molecule has 2 rings (SSSR count). The first-order chi connectivity index (χ1) is 12.4. The maximum absolute atomic E-state index is 11.6. The number of aliphatic hydroxyl groups excluding tert-OH is 2. The molecule has 0 aromatic heterocycles. The van der Waals surface area contributed by atoms with Crippen molar-refractivity contribution in [3.63, 3.8) is 0 Å². The van der Waals surface area contributed by atoms with Gasteiger partial charge in [0.1, 0.15) is 0 Å². The number of likely N-dealkylation sites (N-methyl/N-ethyl adjacent to an activating group) is 1. The third-order valence-electron chi connectivity index (χ3n) is 5.73. The summed E-state index contributed by atoms with van der Waals surface area (Å²) in [6.45, 7) is 2.23. The van der Waals surface area contributed by atoms with Crippen LogP contribution in [0.1, 0.15) is 51.9 Å². The molecule has 2 aliphatic rings. The molecule has 2 aliphatic carbocycles. The Bertz CT molecular complexity index is 514. The van der Waals surface area contributed by atoms with Crippen LogP contribution in [0.2, 0.25) is 0 Å². The van der Waals surface area contributed by atoms with Crippen molar-refractivity contribution in [3.05, 3.63) is 24.0 Å². The Morgan fingerprint density at radius 3 is 2.81 bits per heavy atom. The van der Waals surface area contributed by atoms with Crippen LogP contribution in [0.3, 0.4) is 0 Å². The zero-order valence-electron chi connectivity index (χ0n) is 16.4. The van der Waals surface area contributed by atoms with Crippen molar-refractivity contribution < 1.29 is 19.7 Å². The first-order valence-corrected chi connectivity index (χ1v) is 9.96. The molecule has 2 fully saturated rings. The summed E-state index contributed by atoms with van der Waals surface area (Å²) in [5.74, 6) is 0.934. The van der Waals surface area contributed by atoms with Crippen LogP contribution in [0.4, 0.5) is 0 Å². The van der Waals surface area contributed by atoms with Crippen molar-refractivity contribution in [1.29, 1.82) is 0 Å². The van der Waals surface area contributed by atoms with E-state index < -0.39 is 6.10 Å². The fraction of sp³-hybridized carbons (Fsp3) is 0.762. The van der Waals surface area contributed by atoms with E-state index in [9.17, 15) is 15.0 Å². The second-order valence-corrected chi connectivity index (χ2v) is 8.04. The first kappa shape index (κ1) is 21.0. The van der Waals surface area contributed by atoms with E-state index in [1.54, 1.807) is 20.4 Å². The number of amides is 1. The molecule has 0 aromatic rings. The molecule has 0 spiro atoms. The fourth-order valence-corrected chi connectivity index (χ4v) is 4.19. The normalized spacial score (nSPS) is 30.7. The van der Waals surface area contributed by atoms with E-state index in [1.165, 1.54) is 10.5 Å². The molecule has 5 nitrogen and oxygen atoms in total. The molecule has 5 heteroatoms. The summed E-state index contributed by atoms with van der Waals surface area (Å²) >= 11 is 0. The third-order valence-corrected chi connectivity index (χ3v) is 5.73. The van der Waals surface area contributed by atoms with Gasteiger partial charge in [0.2, 0.25) is 0 Å². The van der Waals surface area contributed by atoms with Gasteiger partial charge in [0.25, 0.3) is 5.91 Å². The smallest absolute Gasteiger partial charge is 0.259 e. The van der Waals surface area contributed by atoms with Crippen LogP contribution in [0.25, 0.3) is 0 Å². The van der Waals surface area contributed by atoms with Gasteiger partial charge in [-0.05, 0) is 43.1 Å². The lowest BCUT2D eigenvalue weighted by atomic mass is 9.90. The minimum Gasteiger partial charge on any atom is -0.491 e. The molecule has 0 bridgehead atoms. The summed E-state index contributed by atoms with van der Waals surface area (Å²) in [4.78, 5) is 13.1. The second-order valence-electron chi connectivity index (χ2n) is 8.04. The summed E-state index contributed by atoms with van der Waals surface area (Å²) in [6, 6.07) is 0. The highest BCUT2D eigenvalue weighted by molar-refractivity contribution is 5.76. The number of rotatable bonds is 9. The maximum atomic E-state index is 11.6. The topological polar surface area (TPSA) is 70.0 Å². The standard InChI is InChI=1S/C21H35NO4/c1-4-5-6-7-17(23)8-9-18-19-11-15(10-16(19)12-20(18)24)13-26-14-21(25)22(2)3/h8-9,13,16-20,23-24H,4-7,10-12,14H2,1-3H3/b9-8+,15-13?/t16-,17-,18+,19-,20+/m0/s1. The third kappa shape index (κ3) is 5.85. The van der Waals surface area contributed by atoms with Crippen LogP contribution in [0.15, 0.2) is 24.0 Å². The quantitative estimate of drug-likeness (QED) is 0.374. The lowest BCUT2D eigenvalue weighted by molar-refractivity contribution is -0.131. The first-order valence-electron chi connectivity index (χ1n) is 9.96. The van der Waals surface area contributed by atoms with Gasteiger partial charge in [-0.15, -0.1) is 0 Å². The lowest BCUT2D eigenvalue weighted by Crippen LogP contribution is -2.25. The van der Waals surface area contributed by atoms with Crippen molar-refractivity contribution in [3.8, 4) is 0 Å². The largest absolute Gasteiger partial charge is 0.491 e. The molecular weight excluding hydrogens is 330 g/mol. The van der Waals surface area contributed by atoms with Gasteiger partial charge in [-0.3, -0.25) is 4.79 Å². The van der Waals surface area contributed by atoms with Gasteiger partial charge in [0.05, 0.1) is 18.5 Å². The Morgan fingerprint density at radius 1 is 1.35 bits per heavy atom. The van der Waals surface area contributed by atoms with E-state index in [0.717, 1.165) is 44.9 Å². The van der Waals surface area contributed by atoms with Crippen LogP contribution in [0.5, 0.6) is 0 Å². The van der Waals surface area contributed by atoms with Gasteiger partial charge >= 0.3 is 0 Å². The molecule has 2 saturated carbocycles. The minimum absolute atomic E-state index is 0.0478. The lowest BCUT2D eigenvalue weighted by Gasteiger charge is -2.17. The molecule has 0 aliphatic heterocycles. The highest BCUT2D eigenvalue weighted by atomic mass is 16.5. The number of ether oxygens (including phenoxy) is 1. The van der Waals surface area contributed by atoms with Gasteiger partial charge in [-0.2, -0.15) is 0 Å². The SMILES string of the molecule is CCCCC[C@H](O)/C=C/[C@@H]1[C@H]2CC(=COCC(=O)N(C)C)C[C@H]2C[C@H]1O. The van der Waals surface area contributed by atoms with E-state index in [-0.39, 0.29) is 24.5 Å². The van der Waals surface area contributed by atoms with Gasteiger partial charge < -0.3 is 19.8 Å². The Balaban J connectivity index is 1.84. The molecule has 0 aromatic carbocycles. The van der Waals surface area contributed by atoms with Crippen LogP contribution in [-0.2, 0) is 9.53 Å². The molecular formula is C21H35NO4. The zero-order valence-corrected chi connectivity index (χ0v) is 16.4. The number of fused-ring (bicyclic) bond motifs is 1. The number of nitrogens with zero attached hydrogens (tertiary/aromatic N) is 1. The monoisotopic (exact) mass is 365 g/mol. The number of carbonyl (C=O) groups is 1. The van der Waals surface area contributed by atoms with E-state index in [1.807, 2.05) is 12.2 Å². The summed E-state index contributed by atoms with van der Waals surface area (Å²) in [5.41, 5.74) is 1.22. The summed E-state index contributed by atoms with van der Waals surface area (Å²) in [6.07, 6.45) is 11.7. The molecule has 0 radical (unpaired) electrons. The summed E-state index contributed by atoms with van der Waals surface area (Å²) in [7, 11) is 3.43. The molecule has 0 heterocycles. The fourth-order valence-electron chi connectivity index (χ4n) is 4.19. The van der Waals surface area contributed by atoms with E-state index >= 15 is 0 Å². The van der Waals surface area contributed by atoms with Crippen LogP contribution in [0, 0.1) is 17.8 Å². The Morgan fingerprint density at radius 2 is 2.12 bits per heavy atom. The Kier molecular flexibility index (Phi) is 8.16. The predicted molar refractivity (Wildman–Crippen MR) is 102 cm³/mol. The summed E-state index contributed by atoms with van der Waals surface area (Å²) < 4.78 is 5.45. The number of unbranched alkanes of at least 4 members (excludes halogenated alkanes) is 2. The number of hydrogen-bond acceptors (Lipinski definition) is 4. The van der Waals surface area contributed by atoms with Crippen molar-refractivity contribution in [1.82, 2.24) is 4.90 Å². The van der Waals surface area contributed by atoms with Crippen molar-refractivity contribution in [2.45, 2.75) is 64.1 Å². The molecule has 0 saturated heterocycles. The Labute approximate surface area is 157 Å². The van der Waals surface area contributed by atoms with Gasteiger partial charge in [0.15, 0.2) is 6.61 Å². The van der Waals surface area contributed by atoms with Crippen molar-refractivity contribution >= 4 is 5.91 Å². The minimum atomic E-state index is -0.412. The van der Waals surface area contributed by atoms with Crippen LogP contribution in [-0.4, -0.2) is 53.9 Å². The average Bonchev–Trinajstić information content (AvgIpc) is 3.09. The van der Waals surface area contributed by atoms with Crippen molar-refractivity contribution in [2.75, 3.05) is 20.7 Å². The molecule has 1 amide bonds. The average molecular weight is 366 g/mol. The predicted octanol–water partition coefficient (Wildman–Crippen LogP) is 2.88.